The number of hydrogen-bond donors (Lipinski definition) is 1. The summed E-state index contributed by atoms with van der Waals surface area (Å²) in [5, 5.41) is 3.01. The number of amides is 1. The van der Waals surface area contributed by atoms with Crippen LogP contribution in [0, 0.1) is 0 Å². The van der Waals surface area contributed by atoms with Gasteiger partial charge in [-0.05, 0) is 24.6 Å². The Bertz CT molecular complexity index is 376. The highest BCUT2D eigenvalue weighted by atomic mass is 16.2. The van der Waals surface area contributed by atoms with E-state index in [1.807, 2.05) is 18.0 Å². The number of carbonyl (C=O) groups is 1. The van der Waals surface area contributed by atoms with Crippen LogP contribution in [-0.2, 0) is 17.8 Å². The molecule has 0 atom stereocenters. The summed E-state index contributed by atoms with van der Waals surface area (Å²) in [5.41, 5.74) is 2.69. The summed E-state index contributed by atoms with van der Waals surface area (Å²) in [4.78, 5) is 13.8. The van der Waals surface area contributed by atoms with Crippen molar-refractivity contribution < 1.29 is 4.79 Å². The summed E-state index contributed by atoms with van der Waals surface area (Å²) in [6, 6.07) is 8.38. The minimum Gasteiger partial charge on any atom is -0.338 e. The van der Waals surface area contributed by atoms with Crippen LogP contribution in [0.5, 0.6) is 0 Å². The summed E-state index contributed by atoms with van der Waals surface area (Å²) >= 11 is 0. The average Bonchev–Trinajstić information content (AvgIpc) is 2.35. The topological polar surface area (TPSA) is 32.3 Å². The van der Waals surface area contributed by atoms with Crippen molar-refractivity contribution in [1.29, 1.82) is 0 Å². The molecule has 0 radical (unpaired) electrons. The zero-order chi connectivity index (χ0) is 11.4. The molecule has 1 aromatic rings. The Kier molecular flexibility index (Phi) is 3.57. The second-order valence-corrected chi connectivity index (χ2v) is 4.19. The van der Waals surface area contributed by atoms with Gasteiger partial charge in [0.1, 0.15) is 0 Å². The van der Waals surface area contributed by atoms with Crippen molar-refractivity contribution in [1.82, 2.24) is 10.2 Å². The lowest BCUT2D eigenvalue weighted by molar-refractivity contribution is -0.132. The summed E-state index contributed by atoms with van der Waals surface area (Å²) in [7, 11) is 1.87. The lowest BCUT2D eigenvalue weighted by atomic mass is 10.00. The fourth-order valence-electron chi connectivity index (χ4n) is 2.10. The normalized spacial score (nSPS) is 14.7. The van der Waals surface area contributed by atoms with E-state index in [-0.39, 0.29) is 5.91 Å². The lowest BCUT2D eigenvalue weighted by Gasteiger charge is -2.28. The van der Waals surface area contributed by atoms with Crippen LogP contribution in [0.25, 0.3) is 0 Å². The Labute approximate surface area is 96.5 Å². The van der Waals surface area contributed by atoms with Crippen LogP contribution in [0.15, 0.2) is 24.3 Å². The minimum atomic E-state index is 0.254. The highest BCUT2D eigenvalue weighted by Gasteiger charge is 2.19. The SMILES string of the molecule is CNCCC(=O)N1CCc2ccccc2C1. The van der Waals surface area contributed by atoms with E-state index in [1.165, 1.54) is 11.1 Å². The van der Waals surface area contributed by atoms with Crippen LogP contribution < -0.4 is 5.32 Å². The highest BCUT2D eigenvalue weighted by Crippen LogP contribution is 2.18. The number of fused-ring (bicyclic) bond motifs is 1. The molecule has 1 aromatic carbocycles. The second kappa shape index (κ2) is 5.12. The summed E-state index contributed by atoms with van der Waals surface area (Å²) < 4.78 is 0. The zero-order valence-electron chi connectivity index (χ0n) is 9.70. The lowest BCUT2D eigenvalue weighted by Crippen LogP contribution is -2.37. The first-order valence-electron chi connectivity index (χ1n) is 5.80. The van der Waals surface area contributed by atoms with Gasteiger partial charge in [0.05, 0.1) is 0 Å². The molecule has 0 saturated carbocycles. The molecule has 0 unspecified atom stereocenters. The molecule has 1 N–H and O–H groups in total. The van der Waals surface area contributed by atoms with Crippen LogP contribution in [0.3, 0.4) is 0 Å². The quantitative estimate of drug-likeness (QED) is 0.826. The Balaban J connectivity index is 1.99. The van der Waals surface area contributed by atoms with Crippen molar-refractivity contribution in [3.63, 3.8) is 0 Å². The number of hydrogen-bond acceptors (Lipinski definition) is 2. The van der Waals surface area contributed by atoms with Crippen molar-refractivity contribution in [3.05, 3.63) is 35.4 Å². The Hall–Kier alpha value is -1.35. The van der Waals surface area contributed by atoms with Gasteiger partial charge in [-0.3, -0.25) is 4.79 Å². The molecule has 86 valence electrons. The maximum atomic E-state index is 11.9. The van der Waals surface area contributed by atoms with E-state index in [4.69, 9.17) is 0 Å². The summed E-state index contributed by atoms with van der Waals surface area (Å²) in [6.45, 7) is 2.40. The van der Waals surface area contributed by atoms with Gasteiger partial charge in [-0.1, -0.05) is 24.3 Å². The van der Waals surface area contributed by atoms with Crippen molar-refractivity contribution >= 4 is 5.91 Å². The van der Waals surface area contributed by atoms with Gasteiger partial charge in [0, 0.05) is 26.1 Å². The third-order valence-electron chi connectivity index (χ3n) is 3.07. The maximum Gasteiger partial charge on any atom is 0.224 e. The number of nitrogens with zero attached hydrogens (tertiary/aromatic N) is 1. The molecule has 0 fully saturated rings. The first kappa shape index (κ1) is 11.1. The Morgan fingerprint density at radius 2 is 2.12 bits per heavy atom. The van der Waals surface area contributed by atoms with Crippen molar-refractivity contribution in [2.75, 3.05) is 20.1 Å². The highest BCUT2D eigenvalue weighted by molar-refractivity contribution is 5.76. The van der Waals surface area contributed by atoms with Gasteiger partial charge in [0.2, 0.25) is 5.91 Å². The first-order chi connectivity index (χ1) is 7.81. The predicted molar refractivity (Wildman–Crippen MR) is 64.1 cm³/mol. The Morgan fingerprint density at radius 3 is 2.88 bits per heavy atom. The third kappa shape index (κ3) is 2.42. The number of benzene rings is 1. The second-order valence-electron chi connectivity index (χ2n) is 4.19. The van der Waals surface area contributed by atoms with Gasteiger partial charge < -0.3 is 10.2 Å². The molecule has 1 aliphatic rings. The van der Waals surface area contributed by atoms with Crippen LogP contribution >= 0.6 is 0 Å². The third-order valence-corrected chi connectivity index (χ3v) is 3.07. The summed E-state index contributed by atoms with van der Waals surface area (Å²) in [5.74, 6) is 0.254. The molecule has 3 heteroatoms. The van der Waals surface area contributed by atoms with Crippen molar-refractivity contribution in [2.45, 2.75) is 19.4 Å². The molecule has 3 nitrogen and oxygen atoms in total. The number of carbonyl (C=O) groups excluding carboxylic acids is 1. The molecule has 0 aliphatic carbocycles. The van der Waals surface area contributed by atoms with Gasteiger partial charge in [0.25, 0.3) is 0 Å². The van der Waals surface area contributed by atoms with Gasteiger partial charge in [-0.15, -0.1) is 0 Å². The van der Waals surface area contributed by atoms with Gasteiger partial charge in [-0.2, -0.15) is 0 Å². The molecule has 1 amide bonds. The smallest absolute Gasteiger partial charge is 0.224 e. The van der Waals surface area contributed by atoms with Crippen LogP contribution in [0.1, 0.15) is 17.5 Å². The first-order valence-corrected chi connectivity index (χ1v) is 5.80. The van der Waals surface area contributed by atoms with E-state index < -0.39 is 0 Å². The van der Waals surface area contributed by atoms with Crippen molar-refractivity contribution in [2.24, 2.45) is 0 Å². The van der Waals surface area contributed by atoms with Crippen molar-refractivity contribution in [3.8, 4) is 0 Å². The molecule has 1 aliphatic heterocycles. The molecule has 16 heavy (non-hydrogen) atoms. The van der Waals surface area contributed by atoms with Gasteiger partial charge >= 0.3 is 0 Å². The fourth-order valence-corrected chi connectivity index (χ4v) is 2.10. The van der Waals surface area contributed by atoms with E-state index in [0.717, 1.165) is 26.1 Å². The predicted octanol–water partition coefficient (Wildman–Crippen LogP) is 1.18. The maximum absolute atomic E-state index is 11.9. The van der Waals surface area contributed by atoms with Crippen LogP contribution in [-0.4, -0.2) is 30.9 Å². The average molecular weight is 218 g/mol. The van der Waals surface area contributed by atoms with E-state index in [9.17, 15) is 4.79 Å². The number of rotatable bonds is 3. The molecule has 1 heterocycles. The molecule has 2 rings (SSSR count). The molecular weight excluding hydrogens is 200 g/mol. The molecule has 0 spiro atoms. The fraction of sp³-hybridized carbons (Fsp3) is 0.462. The van der Waals surface area contributed by atoms with E-state index in [0.29, 0.717) is 6.42 Å². The van der Waals surface area contributed by atoms with Crippen LogP contribution in [0.2, 0.25) is 0 Å². The van der Waals surface area contributed by atoms with E-state index in [2.05, 4.69) is 23.5 Å². The zero-order valence-corrected chi connectivity index (χ0v) is 9.70. The van der Waals surface area contributed by atoms with Crippen LogP contribution in [0.4, 0.5) is 0 Å². The standard InChI is InChI=1S/C13H18N2O/c1-14-8-6-13(16)15-9-7-11-4-2-3-5-12(11)10-15/h2-5,14H,6-10H2,1H3. The number of nitrogens with one attached hydrogen (secondary N) is 1. The minimum absolute atomic E-state index is 0.254. The van der Waals surface area contributed by atoms with Gasteiger partial charge in [-0.25, -0.2) is 0 Å². The van der Waals surface area contributed by atoms with E-state index in [1.54, 1.807) is 0 Å². The van der Waals surface area contributed by atoms with E-state index >= 15 is 0 Å². The molecule has 0 aromatic heterocycles. The Morgan fingerprint density at radius 1 is 1.38 bits per heavy atom. The largest absolute Gasteiger partial charge is 0.338 e. The van der Waals surface area contributed by atoms with Gasteiger partial charge in [0.15, 0.2) is 0 Å². The summed E-state index contributed by atoms with van der Waals surface area (Å²) in [6.07, 6.45) is 1.58. The molecule has 0 bridgehead atoms. The molecule has 0 saturated heterocycles. The monoisotopic (exact) mass is 218 g/mol. The molecular formula is C13H18N2O.